The smallest absolute Gasteiger partial charge is 0.187 e. The predicted molar refractivity (Wildman–Crippen MR) is 109 cm³/mol. The van der Waals surface area contributed by atoms with Gasteiger partial charge in [0.05, 0.1) is 33.0 Å². The Bertz CT molecular complexity index is 701. The Hall–Kier alpha value is -0.640. The summed E-state index contributed by atoms with van der Waals surface area (Å²) in [7, 11) is 0. The minimum Gasteiger partial charge on any atom is -0.394 e. The molecular weight excluding hydrogens is 496 g/mol. The van der Waals surface area contributed by atoms with Crippen molar-refractivity contribution in [3.63, 3.8) is 0 Å². The zero-order valence-corrected chi connectivity index (χ0v) is 19.1. The van der Waals surface area contributed by atoms with Crippen molar-refractivity contribution in [1.29, 1.82) is 0 Å². The largest absolute Gasteiger partial charge is 0.394 e. The van der Waals surface area contributed by atoms with Gasteiger partial charge in [0.15, 0.2) is 18.9 Å². The lowest BCUT2D eigenvalue weighted by atomic mass is 10.0. The zero-order valence-electron chi connectivity index (χ0n) is 19.1. The highest BCUT2D eigenvalue weighted by Gasteiger charge is 2.50. The maximum absolute atomic E-state index is 10.7. The SMILES string of the molecule is OC[C@@H]1O[C@@H](OC2[C@H](O)CO[C@@H](O[C@@H]3CO[C@@H](O[C@@H]4COCC(O)C4O)C(O)C3O)[C@H]2O)C(O)C1O. The summed E-state index contributed by atoms with van der Waals surface area (Å²) in [6.07, 6.45) is -20.8. The van der Waals surface area contributed by atoms with E-state index in [2.05, 4.69) is 0 Å². The molecule has 4 aliphatic heterocycles. The third kappa shape index (κ3) is 5.84. The first-order chi connectivity index (χ1) is 17.1. The number of rotatable bonds is 7. The Balaban J connectivity index is 1.32. The molecule has 16 heteroatoms. The third-order valence-electron chi connectivity index (χ3n) is 6.61. The molecule has 4 fully saturated rings. The third-order valence-corrected chi connectivity index (χ3v) is 6.61. The van der Waals surface area contributed by atoms with E-state index < -0.39 is 98.7 Å². The number of ether oxygens (including phenoxy) is 7. The van der Waals surface area contributed by atoms with Gasteiger partial charge in [-0.05, 0) is 0 Å². The van der Waals surface area contributed by atoms with Crippen LogP contribution in [0.5, 0.6) is 0 Å². The minimum atomic E-state index is -1.66. The van der Waals surface area contributed by atoms with Crippen LogP contribution in [0.1, 0.15) is 0 Å². The topological polar surface area (TPSA) is 247 Å². The summed E-state index contributed by atoms with van der Waals surface area (Å²) < 4.78 is 37.5. The van der Waals surface area contributed by atoms with Crippen molar-refractivity contribution in [2.75, 3.05) is 33.0 Å². The van der Waals surface area contributed by atoms with Gasteiger partial charge in [0.25, 0.3) is 0 Å². The molecule has 7 unspecified atom stereocenters. The first kappa shape index (κ1) is 28.4. The molecule has 0 amide bonds. The Morgan fingerprint density at radius 2 is 1.17 bits per heavy atom. The van der Waals surface area contributed by atoms with Crippen LogP contribution < -0.4 is 0 Å². The van der Waals surface area contributed by atoms with Gasteiger partial charge in [0.1, 0.15) is 73.2 Å². The summed E-state index contributed by atoms with van der Waals surface area (Å²) in [5.41, 5.74) is 0. The van der Waals surface area contributed by atoms with Gasteiger partial charge in [-0.25, -0.2) is 0 Å². The summed E-state index contributed by atoms with van der Waals surface area (Å²) in [6.45, 7) is -1.44. The van der Waals surface area contributed by atoms with E-state index in [0.717, 1.165) is 0 Å². The summed E-state index contributed by atoms with van der Waals surface area (Å²) in [5, 5.41) is 90.7. The summed E-state index contributed by atoms with van der Waals surface area (Å²) in [5.74, 6) is 0. The second-order valence-electron chi connectivity index (χ2n) is 9.19. The van der Waals surface area contributed by atoms with E-state index >= 15 is 0 Å². The van der Waals surface area contributed by atoms with Crippen LogP contribution in [0, 0.1) is 0 Å². The minimum absolute atomic E-state index is 0.0673. The maximum atomic E-state index is 10.7. The van der Waals surface area contributed by atoms with Crippen molar-refractivity contribution in [1.82, 2.24) is 0 Å². The highest BCUT2D eigenvalue weighted by Crippen LogP contribution is 2.30. The molecule has 9 N–H and O–H groups in total. The van der Waals surface area contributed by atoms with E-state index in [1.165, 1.54) is 0 Å². The van der Waals surface area contributed by atoms with E-state index in [1.54, 1.807) is 0 Å². The predicted octanol–water partition coefficient (Wildman–Crippen LogP) is -6.51. The first-order valence-electron chi connectivity index (χ1n) is 11.6. The van der Waals surface area contributed by atoms with Gasteiger partial charge in [-0.1, -0.05) is 0 Å². The second kappa shape index (κ2) is 12.0. The normalized spacial score (nSPS) is 52.4. The van der Waals surface area contributed by atoms with Crippen molar-refractivity contribution >= 4 is 0 Å². The monoisotopic (exact) mass is 530 g/mol. The highest BCUT2D eigenvalue weighted by molar-refractivity contribution is 4.92. The molecule has 0 radical (unpaired) electrons. The Kier molecular flexibility index (Phi) is 9.49. The van der Waals surface area contributed by atoms with Crippen molar-refractivity contribution in [2.24, 2.45) is 0 Å². The lowest BCUT2D eigenvalue weighted by molar-refractivity contribution is -0.348. The summed E-state index contributed by atoms with van der Waals surface area (Å²) in [4.78, 5) is 0. The number of aliphatic hydroxyl groups excluding tert-OH is 9. The van der Waals surface area contributed by atoms with Gasteiger partial charge in [0.2, 0.25) is 0 Å². The quantitative estimate of drug-likeness (QED) is 0.148. The molecule has 0 aromatic heterocycles. The lowest BCUT2D eigenvalue weighted by Crippen LogP contribution is -2.61. The van der Waals surface area contributed by atoms with Crippen LogP contribution in [0.15, 0.2) is 0 Å². The molecule has 0 aliphatic carbocycles. The lowest BCUT2D eigenvalue weighted by Gasteiger charge is -2.43. The van der Waals surface area contributed by atoms with Crippen LogP contribution >= 0.6 is 0 Å². The Morgan fingerprint density at radius 3 is 1.83 bits per heavy atom. The van der Waals surface area contributed by atoms with Crippen molar-refractivity contribution < 1.29 is 79.1 Å². The second-order valence-corrected chi connectivity index (χ2v) is 9.19. The molecule has 36 heavy (non-hydrogen) atoms. The van der Waals surface area contributed by atoms with E-state index in [9.17, 15) is 46.0 Å². The van der Waals surface area contributed by atoms with Gasteiger partial charge in [-0.3, -0.25) is 0 Å². The average Bonchev–Trinajstić information content (AvgIpc) is 3.13. The Labute approximate surface area is 205 Å². The standard InChI is InChI=1S/C20H34O16/c21-1-8-12(25)15(28)20(33-8)36-17-7(23)3-31-19(16(17)29)35-10-5-32-18(14(27)13(10)26)34-9-4-30-2-6(22)11(9)24/h6-29H,1-5H2/t6?,7-,8+,9-,10-,11?,12?,13?,14?,15?,16+,17?,18+,19+,20+/m1/s1. The molecule has 0 aromatic carbocycles. The molecule has 4 saturated heterocycles. The van der Waals surface area contributed by atoms with Crippen molar-refractivity contribution in [3.05, 3.63) is 0 Å². The van der Waals surface area contributed by atoms with Crippen LogP contribution in [-0.4, -0.2) is 171 Å². The fourth-order valence-corrected chi connectivity index (χ4v) is 4.41. The average molecular weight is 530 g/mol. The van der Waals surface area contributed by atoms with Gasteiger partial charge in [-0.15, -0.1) is 0 Å². The zero-order chi connectivity index (χ0) is 26.1. The molecule has 210 valence electrons. The van der Waals surface area contributed by atoms with E-state index in [4.69, 9.17) is 33.2 Å². The van der Waals surface area contributed by atoms with Crippen LogP contribution in [0.25, 0.3) is 0 Å². The fraction of sp³-hybridized carbons (Fsp3) is 1.00. The van der Waals surface area contributed by atoms with Gasteiger partial charge in [0, 0.05) is 0 Å². The van der Waals surface area contributed by atoms with Gasteiger partial charge in [-0.2, -0.15) is 0 Å². The molecule has 0 bridgehead atoms. The molecule has 0 aromatic rings. The van der Waals surface area contributed by atoms with E-state index in [0.29, 0.717) is 0 Å². The van der Waals surface area contributed by atoms with Crippen LogP contribution in [0.2, 0.25) is 0 Å². The first-order valence-corrected chi connectivity index (χ1v) is 11.6. The maximum Gasteiger partial charge on any atom is 0.187 e. The molecular formula is C20H34O16. The number of aliphatic hydroxyl groups is 9. The molecule has 4 aliphatic rings. The number of hydrogen-bond donors (Lipinski definition) is 9. The van der Waals surface area contributed by atoms with Gasteiger partial charge >= 0.3 is 0 Å². The van der Waals surface area contributed by atoms with E-state index in [1.807, 2.05) is 0 Å². The van der Waals surface area contributed by atoms with Crippen molar-refractivity contribution in [3.8, 4) is 0 Å². The number of hydrogen-bond acceptors (Lipinski definition) is 16. The van der Waals surface area contributed by atoms with Crippen LogP contribution in [-0.2, 0) is 33.2 Å². The molecule has 15 atom stereocenters. The molecule has 4 heterocycles. The summed E-state index contributed by atoms with van der Waals surface area (Å²) >= 11 is 0. The van der Waals surface area contributed by atoms with E-state index in [-0.39, 0.29) is 26.4 Å². The van der Waals surface area contributed by atoms with Gasteiger partial charge < -0.3 is 79.1 Å². The molecule has 16 nitrogen and oxygen atoms in total. The molecule has 4 rings (SSSR count). The molecule has 0 spiro atoms. The Morgan fingerprint density at radius 1 is 0.556 bits per heavy atom. The van der Waals surface area contributed by atoms with Crippen LogP contribution in [0.4, 0.5) is 0 Å². The highest BCUT2D eigenvalue weighted by atomic mass is 16.8. The fourth-order valence-electron chi connectivity index (χ4n) is 4.41. The van der Waals surface area contributed by atoms with Crippen molar-refractivity contribution in [2.45, 2.75) is 92.1 Å². The molecule has 0 saturated carbocycles. The van der Waals surface area contributed by atoms with Crippen LogP contribution in [0.3, 0.4) is 0 Å². The summed E-state index contributed by atoms with van der Waals surface area (Å²) in [6, 6.07) is 0.